The molecule has 0 saturated heterocycles. The Morgan fingerprint density at radius 3 is 2.36 bits per heavy atom. The maximum atomic E-state index is 2.34. The highest BCUT2D eigenvalue weighted by molar-refractivity contribution is 7.97. The van der Waals surface area contributed by atoms with Crippen LogP contribution in [0.3, 0.4) is 0 Å². The molecule has 1 saturated carbocycles. The minimum Gasteiger partial charge on any atom is -0.0609 e. The van der Waals surface area contributed by atoms with Crippen LogP contribution in [-0.2, 0) is 10.9 Å². The van der Waals surface area contributed by atoms with Crippen LogP contribution >= 0.6 is 0 Å². The van der Waals surface area contributed by atoms with Crippen molar-refractivity contribution in [3.63, 3.8) is 0 Å². The topological polar surface area (TPSA) is 0 Å². The van der Waals surface area contributed by atoms with E-state index in [9.17, 15) is 0 Å². The van der Waals surface area contributed by atoms with Crippen LogP contribution in [-0.4, -0.2) is 11.0 Å². The van der Waals surface area contributed by atoms with E-state index in [0.29, 0.717) is 10.9 Å². The fourth-order valence-electron chi connectivity index (χ4n) is 1.76. The maximum absolute atomic E-state index is 2.34. The van der Waals surface area contributed by atoms with E-state index in [1.165, 1.54) is 30.6 Å². The molecule has 1 fully saturated rings. The fraction of sp³-hybridized carbons (Fsp3) is 0.538. The molecule has 0 spiro atoms. The van der Waals surface area contributed by atoms with Gasteiger partial charge in [0, 0.05) is 23.7 Å². The summed E-state index contributed by atoms with van der Waals surface area (Å²) in [5.74, 6) is 1.40. The summed E-state index contributed by atoms with van der Waals surface area (Å²) in [6, 6.07) is 9.19. The number of benzene rings is 1. The molecule has 0 amide bonds. The van der Waals surface area contributed by atoms with Crippen molar-refractivity contribution in [3.05, 3.63) is 29.8 Å². The first-order valence-electron chi connectivity index (χ1n) is 5.57. The average molecular weight is 207 g/mol. The second-order valence-corrected chi connectivity index (χ2v) is 6.55. The Bertz CT molecular complexity index is 285. The van der Waals surface area contributed by atoms with Gasteiger partial charge in [0.05, 0.1) is 0 Å². The van der Waals surface area contributed by atoms with E-state index in [1.54, 1.807) is 4.90 Å². The molecule has 14 heavy (non-hydrogen) atoms. The summed E-state index contributed by atoms with van der Waals surface area (Å²) in [7, 11) is 0.563. The molecule has 0 nitrogen and oxygen atoms in total. The molecule has 0 aromatic heterocycles. The lowest BCUT2D eigenvalue weighted by atomic mass is 10.2. The van der Waals surface area contributed by atoms with Gasteiger partial charge in [0.1, 0.15) is 11.0 Å². The lowest BCUT2D eigenvalue weighted by Crippen LogP contribution is -2.12. The second-order valence-electron chi connectivity index (χ2n) is 4.15. The summed E-state index contributed by atoms with van der Waals surface area (Å²) in [5, 5.41) is 1.03. The smallest absolute Gasteiger partial charge is 0.0609 e. The van der Waals surface area contributed by atoms with Crippen molar-refractivity contribution in [1.29, 1.82) is 0 Å². The van der Waals surface area contributed by atoms with Gasteiger partial charge in [-0.15, -0.1) is 0 Å². The average Bonchev–Trinajstić information content (AvgIpc) is 2.99. The van der Waals surface area contributed by atoms with Gasteiger partial charge >= 0.3 is 0 Å². The largest absolute Gasteiger partial charge is 0.155 e. The van der Waals surface area contributed by atoms with E-state index >= 15 is 0 Å². The highest BCUT2D eigenvalue weighted by atomic mass is 32.2. The molecule has 1 aromatic carbocycles. The van der Waals surface area contributed by atoms with Gasteiger partial charge in [-0.05, 0) is 25.5 Å². The van der Waals surface area contributed by atoms with Crippen LogP contribution in [0.25, 0.3) is 0 Å². The molecule has 0 N–H and O–H groups in total. The highest BCUT2D eigenvalue weighted by Crippen LogP contribution is 2.35. The van der Waals surface area contributed by atoms with Gasteiger partial charge in [-0.2, -0.15) is 0 Å². The quantitative estimate of drug-likeness (QED) is 0.662. The van der Waals surface area contributed by atoms with Crippen LogP contribution in [0, 0.1) is 6.92 Å². The summed E-state index contributed by atoms with van der Waals surface area (Å²) >= 11 is 0. The summed E-state index contributed by atoms with van der Waals surface area (Å²) in [6.07, 6.45) is 4.27. The van der Waals surface area contributed by atoms with Gasteiger partial charge in [0.15, 0.2) is 4.90 Å². The molecule has 0 heterocycles. The van der Waals surface area contributed by atoms with E-state index in [2.05, 4.69) is 38.1 Å². The Morgan fingerprint density at radius 1 is 1.21 bits per heavy atom. The fourth-order valence-corrected chi connectivity index (χ4v) is 4.35. The standard InChI is InChI=1S/C13H19S/c1-3-10-14(13-8-9-13)12-6-4-11(2)5-7-12/h4-7,13H,3,8-10H2,1-2H3/q+1. The normalized spacial score (nSPS) is 18.1. The highest BCUT2D eigenvalue weighted by Gasteiger charge is 2.40. The molecule has 2 rings (SSSR count). The van der Waals surface area contributed by atoms with Crippen molar-refractivity contribution < 1.29 is 0 Å². The molecule has 0 bridgehead atoms. The zero-order valence-electron chi connectivity index (χ0n) is 9.12. The number of rotatable bonds is 4. The van der Waals surface area contributed by atoms with Crippen LogP contribution in [0.5, 0.6) is 0 Å². The molecule has 1 aromatic rings. The van der Waals surface area contributed by atoms with Gasteiger partial charge in [-0.3, -0.25) is 0 Å². The van der Waals surface area contributed by atoms with Crippen molar-refractivity contribution in [2.75, 3.05) is 5.75 Å². The Morgan fingerprint density at radius 2 is 1.86 bits per heavy atom. The van der Waals surface area contributed by atoms with Crippen LogP contribution in [0.15, 0.2) is 29.2 Å². The predicted molar refractivity (Wildman–Crippen MR) is 65.0 cm³/mol. The van der Waals surface area contributed by atoms with E-state index < -0.39 is 0 Å². The van der Waals surface area contributed by atoms with Gasteiger partial charge < -0.3 is 0 Å². The Labute approximate surface area is 90.1 Å². The number of hydrogen-bond donors (Lipinski definition) is 0. The first-order valence-corrected chi connectivity index (χ1v) is 7.03. The summed E-state index contributed by atoms with van der Waals surface area (Å²) < 4.78 is 0. The van der Waals surface area contributed by atoms with Crippen molar-refractivity contribution in [2.24, 2.45) is 0 Å². The van der Waals surface area contributed by atoms with Crippen LogP contribution in [0.1, 0.15) is 31.7 Å². The molecule has 1 aliphatic rings. The Kier molecular flexibility index (Phi) is 3.17. The third kappa shape index (κ3) is 2.33. The molecule has 0 radical (unpaired) electrons. The molecule has 0 aliphatic heterocycles. The predicted octanol–water partition coefficient (Wildman–Crippen LogP) is 3.54. The summed E-state index contributed by atoms with van der Waals surface area (Å²) in [4.78, 5) is 1.60. The third-order valence-electron chi connectivity index (χ3n) is 2.67. The molecular formula is C13H19S+. The van der Waals surface area contributed by atoms with Gasteiger partial charge in [-0.1, -0.05) is 24.6 Å². The minimum absolute atomic E-state index is 0.563. The first-order chi connectivity index (χ1) is 6.81. The van der Waals surface area contributed by atoms with E-state index in [4.69, 9.17) is 0 Å². The van der Waals surface area contributed by atoms with Crippen molar-refractivity contribution in [1.82, 2.24) is 0 Å². The van der Waals surface area contributed by atoms with Gasteiger partial charge in [0.2, 0.25) is 0 Å². The Hall–Kier alpha value is -0.430. The van der Waals surface area contributed by atoms with E-state index in [-0.39, 0.29) is 0 Å². The maximum Gasteiger partial charge on any atom is 0.155 e. The van der Waals surface area contributed by atoms with Crippen LogP contribution < -0.4 is 0 Å². The van der Waals surface area contributed by atoms with Gasteiger partial charge in [-0.25, -0.2) is 0 Å². The molecule has 1 aliphatic carbocycles. The van der Waals surface area contributed by atoms with Crippen molar-refractivity contribution in [2.45, 2.75) is 43.3 Å². The summed E-state index contributed by atoms with van der Waals surface area (Å²) in [5.41, 5.74) is 1.38. The van der Waals surface area contributed by atoms with Crippen LogP contribution in [0.2, 0.25) is 0 Å². The van der Waals surface area contributed by atoms with Gasteiger partial charge in [0.25, 0.3) is 0 Å². The van der Waals surface area contributed by atoms with Crippen molar-refractivity contribution in [3.8, 4) is 0 Å². The monoisotopic (exact) mass is 207 g/mol. The molecule has 1 atom stereocenters. The van der Waals surface area contributed by atoms with E-state index in [1.807, 2.05) is 0 Å². The van der Waals surface area contributed by atoms with Crippen molar-refractivity contribution >= 4 is 10.9 Å². The molecule has 76 valence electrons. The minimum atomic E-state index is 0.563. The molecular weight excluding hydrogens is 188 g/mol. The second kappa shape index (κ2) is 4.39. The Balaban J connectivity index is 2.13. The molecule has 1 heteroatoms. The number of hydrogen-bond acceptors (Lipinski definition) is 0. The zero-order valence-corrected chi connectivity index (χ0v) is 9.94. The summed E-state index contributed by atoms with van der Waals surface area (Å²) in [6.45, 7) is 4.47. The zero-order chi connectivity index (χ0) is 9.97. The number of aryl methyl sites for hydroxylation is 1. The third-order valence-corrected chi connectivity index (χ3v) is 5.68. The lowest BCUT2D eigenvalue weighted by molar-refractivity contribution is 1.09. The van der Waals surface area contributed by atoms with E-state index in [0.717, 1.165) is 5.25 Å². The molecule has 1 unspecified atom stereocenters. The SMILES string of the molecule is CCC[S+](c1ccc(C)cc1)C1CC1. The van der Waals surface area contributed by atoms with Crippen LogP contribution in [0.4, 0.5) is 0 Å². The lowest BCUT2D eigenvalue weighted by Gasteiger charge is -2.06. The first kappa shape index (κ1) is 10.1.